The lowest BCUT2D eigenvalue weighted by atomic mass is 10.2. The minimum absolute atomic E-state index is 0.566. The predicted molar refractivity (Wildman–Crippen MR) is 32.5 cm³/mol. The van der Waals surface area contributed by atoms with Gasteiger partial charge in [0.25, 0.3) is 6.43 Å². The van der Waals surface area contributed by atoms with Crippen LogP contribution in [0.4, 0.5) is 26.3 Å². The fourth-order valence-electron chi connectivity index (χ4n) is 0.623. The second-order valence-electron chi connectivity index (χ2n) is 2.35. The Morgan fingerprint density at radius 2 is 1.64 bits per heavy atom. The van der Waals surface area contributed by atoms with Gasteiger partial charge < -0.3 is 4.74 Å². The summed E-state index contributed by atoms with van der Waals surface area (Å²) in [6.45, 7) is 0.566. The minimum atomic E-state index is -5.35. The van der Waals surface area contributed by atoms with Gasteiger partial charge in [-0.25, -0.2) is 13.2 Å². The van der Waals surface area contributed by atoms with E-state index in [1.54, 1.807) is 0 Å². The summed E-state index contributed by atoms with van der Waals surface area (Å²) in [5.41, 5.74) is 0. The molecule has 0 saturated heterocycles. The molecule has 0 saturated carbocycles. The Morgan fingerprint density at radius 3 is 1.86 bits per heavy atom. The van der Waals surface area contributed by atoms with Crippen LogP contribution in [0.15, 0.2) is 0 Å². The van der Waals surface area contributed by atoms with Crippen molar-refractivity contribution in [2.75, 3.05) is 0 Å². The Bertz CT molecular complexity index is 201. The maximum Gasteiger partial charge on any atom is 0.428 e. The summed E-state index contributed by atoms with van der Waals surface area (Å²) in [6.07, 6.45) is -16.2. The van der Waals surface area contributed by atoms with Crippen LogP contribution < -0.4 is 0 Å². The van der Waals surface area contributed by atoms with Crippen molar-refractivity contribution in [1.29, 1.82) is 0 Å². The molecule has 0 heterocycles. The van der Waals surface area contributed by atoms with Gasteiger partial charge in [0, 0.05) is 6.92 Å². The highest BCUT2D eigenvalue weighted by Gasteiger charge is 2.51. The van der Waals surface area contributed by atoms with E-state index >= 15 is 0 Å². The van der Waals surface area contributed by atoms with Gasteiger partial charge in [0.15, 0.2) is 0 Å². The third-order valence-corrected chi connectivity index (χ3v) is 1.15. The van der Waals surface area contributed by atoms with Crippen LogP contribution in [0.2, 0.25) is 0 Å². The van der Waals surface area contributed by atoms with Gasteiger partial charge in [-0.1, -0.05) is 0 Å². The van der Waals surface area contributed by atoms with Gasteiger partial charge >= 0.3 is 12.1 Å². The molecule has 0 aliphatic rings. The van der Waals surface area contributed by atoms with Crippen molar-refractivity contribution >= 4 is 5.97 Å². The van der Waals surface area contributed by atoms with Gasteiger partial charge in [0.1, 0.15) is 0 Å². The summed E-state index contributed by atoms with van der Waals surface area (Å²) >= 11 is 0. The van der Waals surface area contributed by atoms with Crippen molar-refractivity contribution < 1.29 is 35.9 Å². The molecule has 8 heteroatoms. The predicted octanol–water partition coefficient (Wildman–Crippen LogP) is 2.08. The Kier molecular flexibility index (Phi) is 4.21. The lowest BCUT2D eigenvalue weighted by Gasteiger charge is -2.22. The normalized spacial score (nSPS) is 16.6. The first kappa shape index (κ1) is 13.0. The average molecular weight is 224 g/mol. The molecular formula is C6H6F6O2. The van der Waals surface area contributed by atoms with Gasteiger partial charge in [-0.2, -0.15) is 13.2 Å². The standard InChI is InChI=1S/C6H6F6O2/c1-2(13)14-4(6(10,11)12)3(7)5(8)9/h3-5H,1H3. The number of rotatable bonds is 3. The second-order valence-corrected chi connectivity index (χ2v) is 2.35. The maximum atomic E-state index is 12.3. The molecule has 0 aliphatic carbocycles. The zero-order chi connectivity index (χ0) is 11.5. The monoisotopic (exact) mass is 224 g/mol. The first-order valence-corrected chi connectivity index (χ1v) is 3.32. The van der Waals surface area contributed by atoms with Crippen molar-refractivity contribution in [3.8, 4) is 0 Å². The fourth-order valence-corrected chi connectivity index (χ4v) is 0.623. The van der Waals surface area contributed by atoms with Gasteiger partial charge in [0.2, 0.25) is 12.3 Å². The molecule has 2 nitrogen and oxygen atoms in total. The average Bonchev–Trinajstić information content (AvgIpc) is 1.96. The second kappa shape index (κ2) is 4.52. The maximum absolute atomic E-state index is 12.3. The van der Waals surface area contributed by atoms with Gasteiger partial charge in [-0.05, 0) is 0 Å². The summed E-state index contributed by atoms with van der Waals surface area (Å²) in [5, 5.41) is 0. The third kappa shape index (κ3) is 3.84. The first-order chi connectivity index (χ1) is 6.16. The van der Waals surface area contributed by atoms with Gasteiger partial charge in [-0.3, -0.25) is 4.79 Å². The molecule has 0 N–H and O–H groups in total. The zero-order valence-electron chi connectivity index (χ0n) is 6.82. The molecule has 84 valence electrons. The van der Waals surface area contributed by atoms with Gasteiger partial charge in [-0.15, -0.1) is 0 Å². The molecule has 0 bridgehead atoms. The molecule has 2 unspecified atom stereocenters. The number of ether oxygens (including phenoxy) is 1. The molecule has 0 aromatic carbocycles. The van der Waals surface area contributed by atoms with Gasteiger partial charge in [0.05, 0.1) is 0 Å². The third-order valence-electron chi connectivity index (χ3n) is 1.15. The number of hydrogen-bond acceptors (Lipinski definition) is 2. The van der Waals surface area contributed by atoms with Crippen LogP contribution in [0, 0.1) is 0 Å². The number of carbonyl (C=O) groups excluding carboxylic acids is 1. The van der Waals surface area contributed by atoms with Crippen molar-refractivity contribution in [2.24, 2.45) is 0 Å². The van der Waals surface area contributed by atoms with E-state index in [4.69, 9.17) is 0 Å². The number of hydrogen-bond donors (Lipinski definition) is 0. The van der Waals surface area contributed by atoms with Crippen LogP contribution in [0.5, 0.6) is 0 Å². The van der Waals surface area contributed by atoms with Crippen molar-refractivity contribution in [3.63, 3.8) is 0 Å². The molecule has 0 aromatic heterocycles. The Morgan fingerprint density at radius 1 is 1.21 bits per heavy atom. The molecule has 0 aromatic rings. The Hall–Kier alpha value is -0.950. The summed E-state index contributed by atoms with van der Waals surface area (Å²) in [6, 6.07) is 0. The highest BCUT2D eigenvalue weighted by Crippen LogP contribution is 2.29. The van der Waals surface area contributed by atoms with E-state index in [9.17, 15) is 31.1 Å². The smallest absolute Gasteiger partial charge is 0.428 e. The summed E-state index contributed by atoms with van der Waals surface area (Å²) in [5.74, 6) is -1.48. The highest BCUT2D eigenvalue weighted by atomic mass is 19.4. The van der Waals surface area contributed by atoms with Crippen molar-refractivity contribution in [3.05, 3.63) is 0 Å². The topological polar surface area (TPSA) is 26.3 Å². The van der Waals surface area contributed by atoms with E-state index in [1.165, 1.54) is 0 Å². The van der Waals surface area contributed by atoms with Crippen LogP contribution in [-0.2, 0) is 9.53 Å². The van der Waals surface area contributed by atoms with Crippen LogP contribution >= 0.6 is 0 Å². The summed E-state index contributed by atoms with van der Waals surface area (Å²) in [4.78, 5) is 10.1. The molecule has 0 amide bonds. The number of alkyl halides is 6. The Balaban J connectivity index is 4.64. The largest absolute Gasteiger partial charge is 0.449 e. The van der Waals surface area contributed by atoms with Crippen molar-refractivity contribution in [2.45, 2.75) is 31.8 Å². The fraction of sp³-hybridized carbons (Fsp3) is 0.833. The van der Waals surface area contributed by atoms with E-state index in [1.807, 2.05) is 0 Å². The summed E-state index contributed by atoms with van der Waals surface area (Å²) < 4.78 is 74.4. The number of esters is 1. The van der Waals surface area contributed by atoms with Crippen molar-refractivity contribution in [1.82, 2.24) is 0 Å². The minimum Gasteiger partial charge on any atom is -0.449 e. The molecule has 0 rings (SSSR count). The molecule has 2 atom stereocenters. The SMILES string of the molecule is CC(=O)OC(C(F)C(F)F)C(F)(F)F. The molecular weight excluding hydrogens is 218 g/mol. The summed E-state index contributed by atoms with van der Waals surface area (Å²) in [7, 11) is 0. The lowest BCUT2D eigenvalue weighted by Crippen LogP contribution is -2.44. The zero-order valence-corrected chi connectivity index (χ0v) is 6.82. The van der Waals surface area contributed by atoms with E-state index in [2.05, 4.69) is 4.74 Å². The van der Waals surface area contributed by atoms with E-state index < -0.39 is 30.8 Å². The molecule has 0 fully saturated rings. The Labute approximate surface area is 74.8 Å². The van der Waals surface area contributed by atoms with Crippen LogP contribution in [0.3, 0.4) is 0 Å². The van der Waals surface area contributed by atoms with E-state index in [0.29, 0.717) is 6.92 Å². The van der Waals surface area contributed by atoms with E-state index in [-0.39, 0.29) is 0 Å². The lowest BCUT2D eigenvalue weighted by molar-refractivity contribution is -0.244. The number of halogens is 6. The molecule has 0 aliphatic heterocycles. The molecule has 0 radical (unpaired) electrons. The quantitative estimate of drug-likeness (QED) is 0.542. The van der Waals surface area contributed by atoms with Crippen LogP contribution in [-0.4, -0.2) is 30.8 Å². The van der Waals surface area contributed by atoms with Crippen LogP contribution in [0.25, 0.3) is 0 Å². The van der Waals surface area contributed by atoms with Crippen LogP contribution in [0.1, 0.15) is 6.92 Å². The molecule has 14 heavy (non-hydrogen) atoms. The molecule has 0 spiro atoms. The number of carbonyl (C=O) groups is 1. The van der Waals surface area contributed by atoms with E-state index in [0.717, 1.165) is 0 Å². The highest BCUT2D eigenvalue weighted by molar-refractivity contribution is 5.66. The first-order valence-electron chi connectivity index (χ1n) is 3.32.